The molecular weight excluding hydrogens is 222 g/mol. The molecule has 2 aromatic rings. The van der Waals surface area contributed by atoms with Crippen LogP contribution in [0.2, 0.25) is 0 Å². The van der Waals surface area contributed by atoms with Crippen molar-refractivity contribution in [2.24, 2.45) is 0 Å². The van der Waals surface area contributed by atoms with Gasteiger partial charge in [0.05, 0.1) is 0 Å². The SMILES string of the molecule is Cc1nccn1-c1ccc(CCCN(C)C)cc1. The highest BCUT2D eigenvalue weighted by atomic mass is 15.1. The molecular formula is C15H21N3. The van der Waals surface area contributed by atoms with Crippen LogP contribution >= 0.6 is 0 Å². The predicted octanol–water partition coefficient (Wildman–Crippen LogP) is 2.67. The summed E-state index contributed by atoms with van der Waals surface area (Å²) in [6.45, 7) is 3.16. The van der Waals surface area contributed by atoms with Gasteiger partial charge in [-0.2, -0.15) is 0 Å². The number of hydrogen-bond donors (Lipinski definition) is 0. The Morgan fingerprint density at radius 1 is 1.17 bits per heavy atom. The molecule has 3 heteroatoms. The van der Waals surface area contributed by atoms with Gasteiger partial charge in [0.15, 0.2) is 0 Å². The minimum atomic E-state index is 1.02. The average molecular weight is 243 g/mol. The first kappa shape index (κ1) is 12.8. The average Bonchev–Trinajstić information content (AvgIpc) is 2.76. The molecule has 3 nitrogen and oxygen atoms in total. The van der Waals surface area contributed by atoms with Crippen molar-refractivity contribution in [3.05, 3.63) is 48.0 Å². The Morgan fingerprint density at radius 3 is 2.44 bits per heavy atom. The monoisotopic (exact) mass is 243 g/mol. The van der Waals surface area contributed by atoms with Crippen molar-refractivity contribution in [1.29, 1.82) is 0 Å². The molecule has 0 saturated carbocycles. The minimum absolute atomic E-state index is 1.02. The predicted molar refractivity (Wildman–Crippen MR) is 75.2 cm³/mol. The molecule has 0 bridgehead atoms. The number of imidazole rings is 1. The van der Waals surface area contributed by atoms with E-state index in [1.807, 2.05) is 19.3 Å². The van der Waals surface area contributed by atoms with E-state index in [4.69, 9.17) is 0 Å². The summed E-state index contributed by atoms with van der Waals surface area (Å²) in [6, 6.07) is 8.76. The van der Waals surface area contributed by atoms with Crippen LogP contribution in [0.3, 0.4) is 0 Å². The van der Waals surface area contributed by atoms with Gasteiger partial charge in [-0.15, -0.1) is 0 Å². The smallest absolute Gasteiger partial charge is 0.110 e. The van der Waals surface area contributed by atoms with Crippen molar-refractivity contribution in [3.63, 3.8) is 0 Å². The molecule has 1 aromatic carbocycles. The van der Waals surface area contributed by atoms with Gasteiger partial charge in [0.1, 0.15) is 5.82 Å². The summed E-state index contributed by atoms with van der Waals surface area (Å²) in [6.07, 6.45) is 6.18. The van der Waals surface area contributed by atoms with Crippen molar-refractivity contribution < 1.29 is 0 Å². The Bertz CT molecular complexity index is 483. The van der Waals surface area contributed by atoms with Crippen molar-refractivity contribution in [2.75, 3.05) is 20.6 Å². The fraction of sp³-hybridized carbons (Fsp3) is 0.400. The minimum Gasteiger partial charge on any atom is -0.309 e. The Balaban J connectivity index is 2.00. The Labute approximate surface area is 109 Å². The first-order chi connectivity index (χ1) is 8.66. The number of nitrogens with zero attached hydrogens (tertiary/aromatic N) is 3. The highest BCUT2D eigenvalue weighted by Gasteiger charge is 2.00. The summed E-state index contributed by atoms with van der Waals surface area (Å²) in [4.78, 5) is 6.47. The van der Waals surface area contributed by atoms with E-state index in [1.165, 1.54) is 17.7 Å². The molecule has 0 aliphatic rings. The summed E-state index contributed by atoms with van der Waals surface area (Å²) in [7, 11) is 4.23. The third kappa shape index (κ3) is 3.20. The zero-order chi connectivity index (χ0) is 13.0. The number of benzene rings is 1. The first-order valence-corrected chi connectivity index (χ1v) is 6.41. The summed E-state index contributed by atoms with van der Waals surface area (Å²) in [5.74, 6) is 1.02. The lowest BCUT2D eigenvalue weighted by Crippen LogP contribution is -2.13. The van der Waals surface area contributed by atoms with Gasteiger partial charge in [-0.05, 0) is 58.1 Å². The van der Waals surface area contributed by atoms with Crippen LogP contribution in [0, 0.1) is 6.92 Å². The van der Waals surface area contributed by atoms with Crippen LogP contribution in [-0.4, -0.2) is 35.1 Å². The fourth-order valence-electron chi connectivity index (χ4n) is 2.07. The molecule has 0 saturated heterocycles. The van der Waals surface area contributed by atoms with E-state index in [9.17, 15) is 0 Å². The third-order valence-electron chi connectivity index (χ3n) is 3.11. The van der Waals surface area contributed by atoms with E-state index in [0.29, 0.717) is 0 Å². The summed E-state index contributed by atoms with van der Waals surface area (Å²) >= 11 is 0. The van der Waals surface area contributed by atoms with Crippen LogP contribution < -0.4 is 0 Å². The lowest BCUT2D eigenvalue weighted by Gasteiger charge is -2.10. The van der Waals surface area contributed by atoms with Crippen LogP contribution in [0.1, 0.15) is 17.8 Å². The molecule has 0 spiro atoms. The van der Waals surface area contributed by atoms with Crippen LogP contribution in [0.4, 0.5) is 0 Å². The molecule has 1 aromatic heterocycles. The van der Waals surface area contributed by atoms with Crippen molar-refractivity contribution in [1.82, 2.24) is 14.5 Å². The maximum Gasteiger partial charge on any atom is 0.110 e. The second-order valence-electron chi connectivity index (χ2n) is 4.92. The zero-order valence-corrected chi connectivity index (χ0v) is 11.4. The molecule has 0 aliphatic carbocycles. The summed E-state index contributed by atoms with van der Waals surface area (Å²) in [5.41, 5.74) is 2.58. The second kappa shape index (κ2) is 5.83. The number of aromatic nitrogens is 2. The van der Waals surface area contributed by atoms with Gasteiger partial charge in [-0.25, -0.2) is 4.98 Å². The first-order valence-electron chi connectivity index (χ1n) is 6.41. The Kier molecular flexibility index (Phi) is 4.15. The van der Waals surface area contributed by atoms with Gasteiger partial charge in [0.25, 0.3) is 0 Å². The van der Waals surface area contributed by atoms with E-state index in [0.717, 1.165) is 18.8 Å². The van der Waals surface area contributed by atoms with E-state index >= 15 is 0 Å². The van der Waals surface area contributed by atoms with E-state index in [-0.39, 0.29) is 0 Å². The summed E-state index contributed by atoms with van der Waals surface area (Å²) in [5, 5.41) is 0. The van der Waals surface area contributed by atoms with Crippen molar-refractivity contribution in [2.45, 2.75) is 19.8 Å². The fourth-order valence-corrected chi connectivity index (χ4v) is 2.07. The lowest BCUT2D eigenvalue weighted by molar-refractivity contribution is 0.400. The van der Waals surface area contributed by atoms with Gasteiger partial charge < -0.3 is 9.47 Å². The second-order valence-corrected chi connectivity index (χ2v) is 4.92. The van der Waals surface area contributed by atoms with Crippen LogP contribution in [-0.2, 0) is 6.42 Å². The van der Waals surface area contributed by atoms with Crippen molar-refractivity contribution >= 4 is 0 Å². The molecule has 1 heterocycles. The Hall–Kier alpha value is -1.61. The van der Waals surface area contributed by atoms with Gasteiger partial charge in [-0.1, -0.05) is 12.1 Å². The van der Waals surface area contributed by atoms with Crippen LogP contribution in [0.15, 0.2) is 36.7 Å². The Morgan fingerprint density at radius 2 is 1.89 bits per heavy atom. The molecule has 18 heavy (non-hydrogen) atoms. The lowest BCUT2D eigenvalue weighted by atomic mass is 10.1. The largest absolute Gasteiger partial charge is 0.309 e. The quantitative estimate of drug-likeness (QED) is 0.805. The number of aryl methyl sites for hydroxylation is 2. The van der Waals surface area contributed by atoms with Gasteiger partial charge in [0.2, 0.25) is 0 Å². The third-order valence-corrected chi connectivity index (χ3v) is 3.11. The molecule has 0 radical (unpaired) electrons. The normalized spacial score (nSPS) is 11.1. The maximum absolute atomic E-state index is 4.24. The molecule has 96 valence electrons. The summed E-state index contributed by atoms with van der Waals surface area (Å²) < 4.78 is 2.10. The highest BCUT2D eigenvalue weighted by molar-refractivity contribution is 5.35. The van der Waals surface area contributed by atoms with Gasteiger partial charge in [0, 0.05) is 18.1 Å². The number of hydrogen-bond acceptors (Lipinski definition) is 2. The van der Waals surface area contributed by atoms with E-state index < -0.39 is 0 Å². The van der Waals surface area contributed by atoms with Crippen LogP contribution in [0.25, 0.3) is 5.69 Å². The zero-order valence-electron chi connectivity index (χ0n) is 11.4. The molecule has 0 unspecified atom stereocenters. The maximum atomic E-state index is 4.24. The molecule has 2 rings (SSSR count). The molecule has 0 N–H and O–H groups in total. The van der Waals surface area contributed by atoms with Gasteiger partial charge in [-0.3, -0.25) is 0 Å². The van der Waals surface area contributed by atoms with Crippen LogP contribution in [0.5, 0.6) is 0 Å². The molecule has 0 amide bonds. The van der Waals surface area contributed by atoms with Gasteiger partial charge >= 0.3 is 0 Å². The van der Waals surface area contributed by atoms with E-state index in [1.54, 1.807) is 0 Å². The van der Waals surface area contributed by atoms with E-state index in [2.05, 4.69) is 52.8 Å². The number of rotatable bonds is 5. The molecule has 0 aliphatic heterocycles. The molecule has 0 atom stereocenters. The standard InChI is InChI=1S/C15H21N3/c1-13-16-10-12-18(13)15-8-6-14(7-9-15)5-4-11-17(2)3/h6-10,12H,4-5,11H2,1-3H3. The van der Waals surface area contributed by atoms with Crippen molar-refractivity contribution in [3.8, 4) is 5.69 Å². The molecule has 0 fully saturated rings. The topological polar surface area (TPSA) is 21.1 Å². The highest BCUT2D eigenvalue weighted by Crippen LogP contribution is 2.12.